The largest absolute Gasteiger partial charge is 0.462 e. The minimum atomic E-state index is -0.114. The van der Waals surface area contributed by atoms with Crippen LogP contribution in [-0.2, 0) is 9.53 Å². The van der Waals surface area contributed by atoms with Crippen LogP contribution in [0.15, 0.2) is 23.3 Å². The molecule has 1 atom stereocenters. The first kappa shape index (κ1) is 13.0. The molecule has 1 rings (SSSR count). The van der Waals surface area contributed by atoms with Crippen LogP contribution < -0.4 is 0 Å². The molecular weight excluding hydrogens is 200 g/mol. The molecule has 2 heteroatoms. The second-order valence-electron chi connectivity index (χ2n) is 4.81. The van der Waals surface area contributed by atoms with Gasteiger partial charge in [0.1, 0.15) is 0 Å². The van der Waals surface area contributed by atoms with E-state index in [-0.39, 0.29) is 5.97 Å². The molecule has 0 aromatic heterocycles. The molecular formula is C14H22O2. The van der Waals surface area contributed by atoms with Crippen LogP contribution in [0, 0.1) is 5.92 Å². The molecule has 2 nitrogen and oxygen atoms in total. The maximum atomic E-state index is 11.2. The fourth-order valence-electron chi connectivity index (χ4n) is 1.75. The predicted octanol–water partition coefficient (Wildman–Crippen LogP) is 3.63. The predicted molar refractivity (Wildman–Crippen MR) is 66.1 cm³/mol. The van der Waals surface area contributed by atoms with E-state index in [0.29, 0.717) is 12.5 Å². The highest BCUT2D eigenvalue weighted by Gasteiger charge is 2.17. The molecule has 0 N–H and O–H groups in total. The van der Waals surface area contributed by atoms with Crippen molar-refractivity contribution in [2.24, 2.45) is 5.92 Å². The number of cyclic esters (lactones) is 1. The Labute approximate surface area is 98.4 Å². The summed E-state index contributed by atoms with van der Waals surface area (Å²) >= 11 is 0. The van der Waals surface area contributed by atoms with E-state index < -0.39 is 0 Å². The standard InChI is InChI=1S/C14H22O2/c1-11(2)5-4-6-12(3)7-8-13-9-10-16-14(13)15/h5,8,12H,4,6-7,9-10H2,1-3H3/b13-8-. The molecule has 0 aliphatic carbocycles. The molecule has 0 saturated carbocycles. The fourth-order valence-corrected chi connectivity index (χ4v) is 1.75. The summed E-state index contributed by atoms with van der Waals surface area (Å²) in [5.41, 5.74) is 2.25. The molecule has 0 aromatic carbocycles. The van der Waals surface area contributed by atoms with Gasteiger partial charge < -0.3 is 4.74 Å². The molecule has 0 radical (unpaired) electrons. The van der Waals surface area contributed by atoms with Gasteiger partial charge in [-0.3, -0.25) is 0 Å². The average Bonchev–Trinajstić information content (AvgIpc) is 2.60. The SMILES string of the molecule is CC(C)=CCCC(C)C/C=C1/CCOC1=O. The third-order valence-corrected chi connectivity index (χ3v) is 2.85. The third-order valence-electron chi connectivity index (χ3n) is 2.85. The van der Waals surface area contributed by atoms with Gasteiger partial charge in [0, 0.05) is 12.0 Å². The molecule has 1 fully saturated rings. The molecule has 1 unspecified atom stereocenters. The smallest absolute Gasteiger partial charge is 0.333 e. The van der Waals surface area contributed by atoms with Gasteiger partial charge in [0.2, 0.25) is 0 Å². The van der Waals surface area contributed by atoms with Gasteiger partial charge in [-0.15, -0.1) is 0 Å². The first-order valence-electron chi connectivity index (χ1n) is 6.09. The van der Waals surface area contributed by atoms with Crippen molar-refractivity contribution in [3.63, 3.8) is 0 Å². The van der Waals surface area contributed by atoms with Crippen molar-refractivity contribution in [1.29, 1.82) is 0 Å². The van der Waals surface area contributed by atoms with Crippen molar-refractivity contribution in [3.05, 3.63) is 23.3 Å². The van der Waals surface area contributed by atoms with E-state index in [1.807, 2.05) is 0 Å². The molecule has 0 spiro atoms. The third kappa shape index (κ3) is 4.65. The van der Waals surface area contributed by atoms with Crippen LogP contribution in [0.2, 0.25) is 0 Å². The van der Waals surface area contributed by atoms with Crippen molar-refractivity contribution in [1.82, 2.24) is 0 Å². The minimum Gasteiger partial charge on any atom is -0.462 e. The minimum absolute atomic E-state index is 0.114. The highest BCUT2D eigenvalue weighted by molar-refractivity contribution is 5.90. The van der Waals surface area contributed by atoms with E-state index in [0.717, 1.165) is 24.8 Å². The summed E-state index contributed by atoms with van der Waals surface area (Å²) in [4.78, 5) is 11.2. The lowest BCUT2D eigenvalue weighted by atomic mass is 9.99. The summed E-state index contributed by atoms with van der Waals surface area (Å²) in [7, 11) is 0. The topological polar surface area (TPSA) is 26.3 Å². The first-order chi connectivity index (χ1) is 7.59. The summed E-state index contributed by atoms with van der Waals surface area (Å²) in [5.74, 6) is 0.521. The number of hydrogen-bond donors (Lipinski definition) is 0. The first-order valence-corrected chi connectivity index (χ1v) is 6.09. The van der Waals surface area contributed by atoms with Crippen LogP contribution in [0.4, 0.5) is 0 Å². The van der Waals surface area contributed by atoms with Gasteiger partial charge in [-0.25, -0.2) is 4.79 Å². The second kappa shape index (κ2) is 6.51. The number of carbonyl (C=O) groups is 1. The number of allylic oxidation sites excluding steroid dienone is 3. The van der Waals surface area contributed by atoms with E-state index in [4.69, 9.17) is 4.74 Å². The van der Waals surface area contributed by atoms with Gasteiger partial charge in [0.25, 0.3) is 0 Å². The van der Waals surface area contributed by atoms with Gasteiger partial charge in [-0.2, -0.15) is 0 Å². The van der Waals surface area contributed by atoms with Gasteiger partial charge in [0.15, 0.2) is 0 Å². The van der Waals surface area contributed by atoms with Crippen LogP contribution in [0.5, 0.6) is 0 Å². The number of esters is 1. The second-order valence-corrected chi connectivity index (χ2v) is 4.81. The highest BCUT2D eigenvalue weighted by atomic mass is 16.5. The van der Waals surface area contributed by atoms with Gasteiger partial charge in [-0.05, 0) is 39.0 Å². The number of ether oxygens (including phenoxy) is 1. The Bertz CT molecular complexity index is 296. The van der Waals surface area contributed by atoms with Gasteiger partial charge in [-0.1, -0.05) is 24.6 Å². The van der Waals surface area contributed by atoms with Crippen molar-refractivity contribution in [3.8, 4) is 0 Å². The molecule has 0 amide bonds. The molecule has 16 heavy (non-hydrogen) atoms. The Morgan fingerprint density at radius 1 is 1.50 bits per heavy atom. The molecule has 1 aliphatic heterocycles. The van der Waals surface area contributed by atoms with Crippen LogP contribution in [-0.4, -0.2) is 12.6 Å². The number of hydrogen-bond acceptors (Lipinski definition) is 2. The zero-order valence-corrected chi connectivity index (χ0v) is 10.6. The summed E-state index contributed by atoms with van der Waals surface area (Å²) in [6, 6.07) is 0. The summed E-state index contributed by atoms with van der Waals surface area (Å²) in [6.45, 7) is 7.05. The Morgan fingerprint density at radius 2 is 2.25 bits per heavy atom. The van der Waals surface area contributed by atoms with Crippen molar-refractivity contribution in [2.75, 3.05) is 6.61 Å². The van der Waals surface area contributed by atoms with E-state index in [9.17, 15) is 4.79 Å². The quantitative estimate of drug-likeness (QED) is 0.403. The Kier molecular flexibility index (Phi) is 5.30. The molecule has 90 valence electrons. The van der Waals surface area contributed by atoms with Gasteiger partial charge in [0.05, 0.1) is 6.61 Å². The van der Waals surface area contributed by atoms with Crippen LogP contribution in [0.25, 0.3) is 0 Å². The van der Waals surface area contributed by atoms with Crippen LogP contribution in [0.1, 0.15) is 46.5 Å². The molecule has 1 saturated heterocycles. The van der Waals surface area contributed by atoms with Crippen molar-refractivity contribution < 1.29 is 9.53 Å². The summed E-state index contributed by atoms with van der Waals surface area (Å²) in [6.07, 6.45) is 8.43. The number of carbonyl (C=O) groups excluding carboxylic acids is 1. The monoisotopic (exact) mass is 222 g/mol. The van der Waals surface area contributed by atoms with E-state index in [1.54, 1.807) is 0 Å². The lowest BCUT2D eigenvalue weighted by Crippen LogP contribution is -1.97. The normalized spacial score (nSPS) is 19.7. The van der Waals surface area contributed by atoms with E-state index in [2.05, 4.69) is 32.9 Å². The Hall–Kier alpha value is -1.05. The molecule has 0 bridgehead atoms. The van der Waals surface area contributed by atoms with Crippen LogP contribution >= 0.6 is 0 Å². The maximum Gasteiger partial charge on any atom is 0.333 e. The van der Waals surface area contributed by atoms with Crippen molar-refractivity contribution >= 4 is 5.97 Å². The van der Waals surface area contributed by atoms with E-state index in [1.165, 1.54) is 12.0 Å². The maximum absolute atomic E-state index is 11.2. The Balaban J connectivity index is 2.26. The summed E-state index contributed by atoms with van der Waals surface area (Å²) in [5, 5.41) is 0. The highest BCUT2D eigenvalue weighted by Crippen LogP contribution is 2.18. The lowest BCUT2D eigenvalue weighted by Gasteiger charge is -2.06. The molecule has 0 aromatic rings. The zero-order valence-electron chi connectivity index (χ0n) is 10.6. The van der Waals surface area contributed by atoms with E-state index >= 15 is 0 Å². The molecule has 1 aliphatic rings. The fraction of sp³-hybridized carbons (Fsp3) is 0.643. The van der Waals surface area contributed by atoms with Gasteiger partial charge >= 0.3 is 5.97 Å². The lowest BCUT2D eigenvalue weighted by molar-refractivity contribution is -0.135. The Morgan fingerprint density at radius 3 is 2.81 bits per heavy atom. The summed E-state index contributed by atoms with van der Waals surface area (Å²) < 4.78 is 4.89. The van der Waals surface area contributed by atoms with Crippen molar-refractivity contribution in [2.45, 2.75) is 46.5 Å². The van der Waals surface area contributed by atoms with Crippen LogP contribution in [0.3, 0.4) is 0 Å². The molecule has 1 heterocycles. The zero-order chi connectivity index (χ0) is 12.0. The average molecular weight is 222 g/mol. The number of rotatable bonds is 5.